The molecule has 3 aliphatic rings. The summed E-state index contributed by atoms with van der Waals surface area (Å²) >= 11 is 0. The van der Waals surface area contributed by atoms with Crippen LogP contribution < -0.4 is 0 Å². The van der Waals surface area contributed by atoms with Crippen LogP contribution in [0.4, 0.5) is 4.39 Å². The normalized spacial score (nSPS) is 35.4. The number of aliphatic hydroxyl groups is 2. The molecule has 0 radical (unpaired) electrons. The van der Waals surface area contributed by atoms with Crippen LogP contribution in [0.5, 0.6) is 0 Å². The fourth-order valence-corrected chi connectivity index (χ4v) is 11.7. The van der Waals surface area contributed by atoms with Gasteiger partial charge in [-0.1, -0.05) is 57.1 Å². The van der Waals surface area contributed by atoms with Crippen molar-refractivity contribution in [2.24, 2.45) is 45.2 Å². The van der Waals surface area contributed by atoms with Gasteiger partial charge < -0.3 is 34.5 Å². The summed E-state index contributed by atoms with van der Waals surface area (Å²) in [6.45, 7) is 15.4. The van der Waals surface area contributed by atoms with Gasteiger partial charge in [0.15, 0.2) is 21.9 Å². The van der Waals surface area contributed by atoms with Crippen LogP contribution in [0.15, 0.2) is 45.5 Å². The van der Waals surface area contributed by atoms with Crippen LogP contribution in [-0.4, -0.2) is 142 Å². The SMILES string of the molecule is CC[C@H]1OC(=O)[C@H](C)C(=O)[C@H](C)[C@@H](O[C@@H]2O[C@H](C)C[C@H](N(C)CCc3cn([C@H](CF)Cc4ccc(S(C)(=O)=O)cc4)nn3)[C@H]2O)[C@]2(C)CC/C(=N/O)CC[C@H]([C@@H](C)C(=NC(C)=O)[C@H](C)C2)[C@]1(C)O. The number of aliphatic hydroxyl groups excluding tert-OH is 1. The van der Waals surface area contributed by atoms with E-state index in [4.69, 9.17) is 14.2 Å². The number of halogens is 1. The molecule has 17 nitrogen and oxygen atoms in total. The van der Waals surface area contributed by atoms with Crippen LogP contribution in [0.3, 0.4) is 0 Å². The van der Waals surface area contributed by atoms with Gasteiger partial charge in [0.25, 0.3) is 0 Å². The van der Waals surface area contributed by atoms with E-state index in [-0.39, 0.29) is 30.1 Å². The summed E-state index contributed by atoms with van der Waals surface area (Å²) in [6, 6.07) is 5.18. The number of nitrogens with zero attached hydrogens (tertiary/aromatic N) is 6. The van der Waals surface area contributed by atoms with Gasteiger partial charge in [-0.15, -0.1) is 5.10 Å². The molecule has 0 unspecified atom stereocenters. The maximum absolute atomic E-state index is 14.6. The minimum absolute atomic E-state index is 0.180. The fourth-order valence-electron chi connectivity index (χ4n) is 11.0. The molecule has 1 saturated carbocycles. The third-order valence-electron chi connectivity index (χ3n) is 15.0. The van der Waals surface area contributed by atoms with Crippen LogP contribution in [0.2, 0.25) is 0 Å². The van der Waals surface area contributed by atoms with Crippen molar-refractivity contribution in [2.45, 2.75) is 173 Å². The van der Waals surface area contributed by atoms with Crippen molar-refractivity contribution in [3.05, 3.63) is 41.7 Å². The molecule has 2 aromatic rings. The largest absolute Gasteiger partial charge is 0.459 e. The number of benzene rings is 1. The lowest BCUT2D eigenvalue weighted by molar-refractivity contribution is -0.287. The van der Waals surface area contributed by atoms with Gasteiger partial charge >= 0.3 is 5.97 Å². The van der Waals surface area contributed by atoms with E-state index in [1.807, 2.05) is 39.6 Å². The zero-order chi connectivity index (χ0) is 50.5. The van der Waals surface area contributed by atoms with Gasteiger partial charge in [0.1, 0.15) is 30.4 Å². The number of oxime groups is 1. The molecule has 1 aliphatic carbocycles. The highest BCUT2D eigenvalue weighted by molar-refractivity contribution is 7.90. The second kappa shape index (κ2) is 22.8. The molecule has 3 N–H and O–H groups in total. The quantitative estimate of drug-likeness (QED) is 0.0994. The Morgan fingerprint density at radius 2 is 1.78 bits per heavy atom. The van der Waals surface area contributed by atoms with E-state index >= 15 is 0 Å². The number of aromatic nitrogens is 3. The molecular weight excluding hydrogens is 900 g/mol. The van der Waals surface area contributed by atoms with Crippen LogP contribution in [-0.2, 0) is 51.3 Å². The Morgan fingerprint density at radius 3 is 2.38 bits per heavy atom. The van der Waals surface area contributed by atoms with Gasteiger partial charge in [-0.25, -0.2) is 22.5 Å². The summed E-state index contributed by atoms with van der Waals surface area (Å²) in [4.78, 5) is 48.2. The Bertz CT molecular complexity index is 2240. The van der Waals surface area contributed by atoms with Crippen LogP contribution in [0.1, 0.15) is 125 Å². The summed E-state index contributed by atoms with van der Waals surface area (Å²) in [5, 5.41) is 47.1. The maximum Gasteiger partial charge on any atom is 0.316 e. The first kappa shape index (κ1) is 54.9. The third kappa shape index (κ3) is 12.8. The molecule has 14 atom stereocenters. The molecule has 1 aromatic heterocycles. The van der Waals surface area contributed by atoms with Crippen molar-refractivity contribution in [1.82, 2.24) is 19.9 Å². The first-order valence-corrected chi connectivity index (χ1v) is 25.9. The summed E-state index contributed by atoms with van der Waals surface area (Å²) in [7, 11) is -1.50. The number of alkyl halides is 1. The molecule has 2 saturated heterocycles. The Kier molecular flexibility index (Phi) is 18.4. The number of cyclic esters (lactones) is 1. The summed E-state index contributed by atoms with van der Waals surface area (Å²) < 4.78 is 59.0. The molecule has 68 heavy (non-hydrogen) atoms. The van der Waals surface area contributed by atoms with Crippen molar-refractivity contribution >= 4 is 38.9 Å². The molecule has 1 amide bonds. The van der Waals surface area contributed by atoms with E-state index in [2.05, 4.69) is 20.5 Å². The average Bonchev–Trinajstić information content (AvgIpc) is 3.76. The number of fused-ring (bicyclic) bond motifs is 5. The van der Waals surface area contributed by atoms with Crippen molar-refractivity contribution in [3.8, 4) is 0 Å². The molecule has 19 heteroatoms. The maximum atomic E-state index is 14.6. The number of ether oxygens (including phenoxy) is 3. The van der Waals surface area contributed by atoms with Gasteiger partial charge in [0.05, 0.1) is 34.6 Å². The molecule has 2 bridgehead atoms. The van der Waals surface area contributed by atoms with Crippen LogP contribution >= 0.6 is 0 Å². The lowest BCUT2D eigenvalue weighted by Crippen LogP contribution is -2.58. The summed E-state index contributed by atoms with van der Waals surface area (Å²) in [5.41, 5.74) is -0.204. The van der Waals surface area contributed by atoms with E-state index < -0.39 is 112 Å². The zero-order valence-electron chi connectivity index (χ0n) is 41.7. The number of rotatable bonds is 12. The predicted octanol–water partition coefficient (Wildman–Crippen LogP) is 5.76. The minimum atomic E-state index is -3.37. The monoisotopic (exact) mass is 975 g/mol. The number of ketones is 1. The number of hydrogen-bond donors (Lipinski definition) is 3. The van der Waals surface area contributed by atoms with Crippen molar-refractivity contribution in [3.63, 3.8) is 0 Å². The van der Waals surface area contributed by atoms with Crippen LogP contribution in [0.25, 0.3) is 0 Å². The smallest absolute Gasteiger partial charge is 0.316 e. The van der Waals surface area contributed by atoms with Gasteiger partial charge in [-0.05, 0) is 114 Å². The second-order valence-corrected chi connectivity index (χ2v) is 22.4. The number of hydrogen-bond acceptors (Lipinski definition) is 15. The number of Topliss-reactive ketones (excluding diaryl/α,β-unsaturated/α-hetero) is 1. The molecule has 5 rings (SSSR count). The number of sulfone groups is 1. The zero-order valence-corrected chi connectivity index (χ0v) is 42.5. The van der Waals surface area contributed by atoms with Gasteiger partial charge in [-0.3, -0.25) is 14.4 Å². The number of amides is 1. The van der Waals surface area contributed by atoms with E-state index in [1.54, 1.807) is 39.1 Å². The lowest BCUT2D eigenvalue weighted by Gasteiger charge is -2.48. The highest BCUT2D eigenvalue weighted by Crippen LogP contribution is 2.46. The summed E-state index contributed by atoms with van der Waals surface area (Å²) in [6.07, 6.45) is 0.903. The number of esters is 1. The summed E-state index contributed by atoms with van der Waals surface area (Å²) in [5.74, 6) is -5.36. The topological polar surface area (TPSA) is 232 Å². The molecule has 1 aromatic carbocycles. The minimum Gasteiger partial charge on any atom is -0.459 e. The fraction of sp³-hybridized carbons (Fsp3) is 0.735. The number of aliphatic imine (C=N–C) groups is 1. The van der Waals surface area contributed by atoms with Crippen LogP contribution in [0, 0.1) is 35.0 Å². The van der Waals surface area contributed by atoms with E-state index in [0.717, 1.165) is 11.8 Å². The number of carbonyl (C=O) groups is 3. The van der Waals surface area contributed by atoms with Gasteiger partial charge in [0.2, 0.25) is 5.91 Å². The highest BCUT2D eigenvalue weighted by Gasteiger charge is 2.52. The second-order valence-electron chi connectivity index (χ2n) is 20.4. The predicted molar refractivity (Wildman–Crippen MR) is 253 cm³/mol. The highest BCUT2D eigenvalue weighted by atomic mass is 32.2. The molecule has 2 aliphatic heterocycles. The number of carbonyl (C=O) groups excluding carboxylic acids is 3. The van der Waals surface area contributed by atoms with Crippen molar-refractivity contribution < 1.29 is 56.8 Å². The first-order valence-electron chi connectivity index (χ1n) is 24.0. The Labute approximate surface area is 401 Å². The van der Waals surface area contributed by atoms with Gasteiger partial charge in [-0.2, -0.15) is 0 Å². The van der Waals surface area contributed by atoms with Gasteiger partial charge in [0, 0.05) is 55.9 Å². The molecule has 380 valence electrons. The third-order valence-corrected chi connectivity index (χ3v) is 16.1. The van der Waals surface area contributed by atoms with Crippen molar-refractivity contribution in [2.75, 3.05) is 26.5 Å². The number of likely N-dealkylation sites (N-methyl/N-ethyl adjacent to an activating group) is 1. The van der Waals surface area contributed by atoms with Crippen molar-refractivity contribution in [1.29, 1.82) is 0 Å². The molecule has 0 spiro atoms. The molecule has 3 fully saturated rings. The first-order chi connectivity index (χ1) is 31.8. The Hall–Kier alpha value is -4.01. The lowest BCUT2D eigenvalue weighted by atomic mass is 9.65. The standard InChI is InChI=1S/C49H75FN6O11S/c1-12-41-49(9,61)39-18-15-35(53-62)19-21-48(8,25-28(2)42(30(39)4)51-33(7)57)45(31(5)43(58)32(6)46(60)66-41)67-47-44(59)40(23-29(3)65-47)55(10)22-20-36-27-56(54-52-36)37(26-50)24-34-13-16-38(17-14-34)68(11,63)64/h13-14,16-17,27-32,37,39-41,44-45,47,59,61-62H,12,15,18-26H2,1-11H3/b51-42?,53-35+/t28-,29-,30-,31+,32-,37+,39-,40+,41-,44-,45-,47+,48-,49+/m1/s1. The molecular formula is C49H75FN6O11S. The molecule has 3 heterocycles. The average molecular weight is 975 g/mol. The van der Waals surface area contributed by atoms with E-state index in [0.29, 0.717) is 62.2 Å². The van der Waals surface area contributed by atoms with E-state index in [1.165, 1.54) is 30.7 Å². The van der Waals surface area contributed by atoms with E-state index in [9.17, 15) is 42.6 Å². The Morgan fingerprint density at radius 1 is 1.10 bits per heavy atom. The Balaban J connectivity index is 1.44.